The van der Waals surface area contributed by atoms with Crippen LogP contribution in [0.25, 0.3) is 11.5 Å². The largest absolute Gasteiger partial charge is 0.444 e. The molecule has 6 nitrogen and oxygen atoms in total. The molecule has 0 aliphatic carbocycles. The van der Waals surface area contributed by atoms with Gasteiger partial charge in [-0.15, -0.1) is 0 Å². The summed E-state index contributed by atoms with van der Waals surface area (Å²) in [6.07, 6.45) is 2.04. The van der Waals surface area contributed by atoms with E-state index in [0.717, 1.165) is 5.56 Å². The molecule has 1 aromatic carbocycles. The van der Waals surface area contributed by atoms with Gasteiger partial charge in [-0.2, -0.15) is 10.5 Å². The highest BCUT2D eigenvalue weighted by molar-refractivity contribution is 5.78. The first-order chi connectivity index (χ1) is 11.2. The van der Waals surface area contributed by atoms with E-state index in [1.54, 1.807) is 0 Å². The predicted octanol–water partition coefficient (Wildman–Crippen LogP) is 2.54. The van der Waals surface area contributed by atoms with Crippen LogP contribution < -0.4 is 0 Å². The molecule has 116 valence electrons. The number of hydrogen-bond donors (Lipinski definition) is 0. The maximum Gasteiger partial charge on any atom is 0.228 e. The van der Waals surface area contributed by atoms with Crippen LogP contribution in [0.2, 0.25) is 0 Å². The number of amides is 1. The van der Waals surface area contributed by atoms with Gasteiger partial charge >= 0.3 is 0 Å². The van der Waals surface area contributed by atoms with Gasteiger partial charge in [0.05, 0.1) is 37.1 Å². The Balaban J connectivity index is 2.02. The van der Waals surface area contributed by atoms with Crippen LogP contribution in [-0.4, -0.2) is 28.9 Å². The van der Waals surface area contributed by atoms with Gasteiger partial charge in [0.15, 0.2) is 0 Å². The lowest BCUT2D eigenvalue weighted by Crippen LogP contribution is -2.34. The van der Waals surface area contributed by atoms with Gasteiger partial charge in [0, 0.05) is 18.7 Å². The van der Waals surface area contributed by atoms with Gasteiger partial charge in [-0.25, -0.2) is 4.98 Å². The average molecular weight is 308 g/mol. The molecular formula is C17H16N4O2. The molecule has 0 aliphatic heterocycles. The third-order valence-corrected chi connectivity index (χ3v) is 3.24. The SMILES string of the molecule is N#CCCN(CCC#N)C(=O)Cc1coc(-c2ccccc2)n1. The fourth-order valence-electron chi connectivity index (χ4n) is 2.10. The van der Waals surface area contributed by atoms with E-state index in [1.165, 1.54) is 11.2 Å². The second-order valence-corrected chi connectivity index (χ2v) is 4.88. The summed E-state index contributed by atoms with van der Waals surface area (Å²) in [4.78, 5) is 18.1. The number of carbonyl (C=O) groups excluding carboxylic acids is 1. The Labute approximate surface area is 134 Å². The minimum atomic E-state index is -0.164. The Bertz CT molecular complexity index is 707. The molecule has 0 N–H and O–H groups in total. The van der Waals surface area contributed by atoms with Crippen molar-refractivity contribution in [2.24, 2.45) is 0 Å². The number of oxazole rings is 1. The summed E-state index contributed by atoms with van der Waals surface area (Å²) in [5.41, 5.74) is 1.38. The minimum Gasteiger partial charge on any atom is -0.444 e. The van der Waals surface area contributed by atoms with E-state index < -0.39 is 0 Å². The normalized spacial score (nSPS) is 9.83. The summed E-state index contributed by atoms with van der Waals surface area (Å²) in [6, 6.07) is 13.4. The van der Waals surface area contributed by atoms with E-state index in [-0.39, 0.29) is 25.2 Å². The van der Waals surface area contributed by atoms with Gasteiger partial charge in [-0.05, 0) is 12.1 Å². The summed E-state index contributed by atoms with van der Waals surface area (Å²) in [7, 11) is 0. The third kappa shape index (κ3) is 4.69. The average Bonchev–Trinajstić information content (AvgIpc) is 3.04. The molecule has 0 saturated heterocycles. The molecule has 1 aromatic heterocycles. The zero-order valence-electron chi connectivity index (χ0n) is 12.6. The van der Waals surface area contributed by atoms with E-state index in [0.29, 0.717) is 24.7 Å². The Morgan fingerprint density at radius 1 is 1.13 bits per heavy atom. The number of nitrogens with zero attached hydrogens (tertiary/aromatic N) is 4. The number of benzene rings is 1. The van der Waals surface area contributed by atoms with Crippen molar-refractivity contribution in [1.82, 2.24) is 9.88 Å². The summed E-state index contributed by atoms with van der Waals surface area (Å²) < 4.78 is 5.41. The molecule has 0 radical (unpaired) electrons. The fraction of sp³-hybridized carbons (Fsp3) is 0.294. The number of nitriles is 2. The molecule has 2 rings (SSSR count). The summed E-state index contributed by atoms with van der Waals surface area (Å²) in [5, 5.41) is 17.3. The number of carbonyl (C=O) groups is 1. The van der Waals surface area contributed by atoms with Gasteiger partial charge in [-0.3, -0.25) is 4.79 Å². The molecule has 0 aliphatic rings. The molecule has 23 heavy (non-hydrogen) atoms. The molecule has 2 aromatic rings. The van der Waals surface area contributed by atoms with Crippen LogP contribution in [0.4, 0.5) is 0 Å². The smallest absolute Gasteiger partial charge is 0.228 e. The number of rotatable bonds is 7. The second kappa shape index (κ2) is 8.35. The van der Waals surface area contributed by atoms with Crippen molar-refractivity contribution in [1.29, 1.82) is 10.5 Å². The molecular weight excluding hydrogens is 292 g/mol. The standard InChI is InChI=1S/C17H16N4O2/c18-8-4-10-21(11-5-9-19)16(22)12-15-13-23-17(20-15)14-6-2-1-3-7-14/h1-3,6-7,13H,4-5,10-12H2. The molecule has 0 spiro atoms. The topological polar surface area (TPSA) is 93.9 Å². The molecule has 0 unspecified atom stereocenters. The highest BCUT2D eigenvalue weighted by atomic mass is 16.3. The number of aromatic nitrogens is 1. The molecule has 6 heteroatoms. The van der Waals surface area contributed by atoms with Crippen molar-refractivity contribution in [3.8, 4) is 23.6 Å². The Hall–Kier alpha value is -3.12. The van der Waals surface area contributed by atoms with E-state index in [4.69, 9.17) is 14.9 Å². The van der Waals surface area contributed by atoms with Gasteiger partial charge in [0.2, 0.25) is 11.8 Å². The van der Waals surface area contributed by atoms with Crippen LogP contribution in [0.15, 0.2) is 41.0 Å². The van der Waals surface area contributed by atoms with Gasteiger partial charge in [-0.1, -0.05) is 18.2 Å². The van der Waals surface area contributed by atoms with Crippen molar-refractivity contribution < 1.29 is 9.21 Å². The highest BCUT2D eigenvalue weighted by Gasteiger charge is 2.16. The summed E-state index contributed by atoms with van der Waals surface area (Å²) >= 11 is 0. The molecule has 0 bridgehead atoms. The zero-order chi connectivity index (χ0) is 16.5. The summed E-state index contributed by atoms with van der Waals surface area (Å²) in [6.45, 7) is 0.640. The van der Waals surface area contributed by atoms with Crippen LogP contribution in [0.5, 0.6) is 0 Å². The predicted molar refractivity (Wildman–Crippen MR) is 82.7 cm³/mol. The lowest BCUT2D eigenvalue weighted by molar-refractivity contribution is -0.130. The molecule has 1 amide bonds. The van der Waals surface area contributed by atoms with Crippen LogP contribution in [0.3, 0.4) is 0 Å². The maximum absolute atomic E-state index is 12.3. The lowest BCUT2D eigenvalue weighted by Gasteiger charge is -2.19. The maximum atomic E-state index is 12.3. The molecule has 0 fully saturated rings. The first-order valence-electron chi connectivity index (χ1n) is 7.26. The van der Waals surface area contributed by atoms with Crippen molar-refractivity contribution in [2.45, 2.75) is 19.3 Å². The first kappa shape index (κ1) is 16.3. The molecule has 0 saturated carbocycles. The van der Waals surface area contributed by atoms with Gasteiger partial charge < -0.3 is 9.32 Å². The third-order valence-electron chi connectivity index (χ3n) is 3.24. The van der Waals surface area contributed by atoms with Crippen LogP contribution in [0.1, 0.15) is 18.5 Å². The van der Waals surface area contributed by atoms with Crippen molar-refractivity contribution in [3.63, 3.8) is 0 Å². The Morgan fingerprint density at radius 3 is 2.39 bits per heavy atom. The lowest BCUT2D eigenvalue weighted by atomic mass is 10.2. The van der Waals surface area contributed by atoms with E-state index in [9.17, 15) is 4.79 Å². The molecule has 1 heterocycles. The van der Waals surface area contributed by atoms with E-state index in [2.05, 4.69) is 4.98 Å². The van der Waals surface area contributed by atoms with Crippen LogP contribution in [-0.2, 0) is 11.2 Å². The second-order valence-electron chi connectivity index (χ2n) is 4.88. The van der Waals surface area contributed by atoms with Crippen molar-refractivity contribution in [2.75, 3.05) is 13.1 Å². The molecule has 0 atom stereocenters. The van der Waals surface area contributed by atoms with Crippen molar-refractivity contribution >= 4 is 5.91 Å². The zero-order valence-corrected chi connectivity index (χ0v) is 12.6. The quantitative estimate of drug-likeness (QED) is 0.783. The Kier molecular flexibility index (Phi) is 5.90. The van der Waals surface area contributed by atoms with Crippen LogP contribution >= 0.6 is 0 Å². The summed E-state index contributed by atoms with van der Waals surface area (Å²) in [5.74, 6) is 0.303. The number of hydrogen-bond acceptors (Lipinski definition) is 5. The van der Waals surface area contributed by atoms with Crippen molar-refractivity contribution in [3.05, 3.63) is 42.3 Å². The monoisotopic (exact) mass is 308 g/mol. The Morgan fingerprint density at radius 2 is 1.78 bits per heavy atom. The van der Waals surface area contributed by atoms with E-state index in [1.807, 2.05) is 42.5 Å². The van der Waals surface area contributed by atoms with E-state index >= 15 is 0 Å². The minimum absolute atomic E-state index is 0.0905. The van der Waals surface area contributed by atoms with Crippen LogP contribution in [0, 0.1) is 22.7 Å². The fourth-order valence-corrected chi connectivity index (χ4v) is 2.10. The van der Waals surface area contributed by atoms with Gasteiger partial charge in [0.25, 0.3) is 0 Å². The van der Waals surface area contributed by atoms with Gasteiger partial charge in [0.1, 0.15) is 6.26 Å². The first-order valence-corrected chi connectivity index (χ1v) is 7.26. The highest BCUT2D eigenvalue weighted by Crippen LogP contribution is 2.18.